The lowest BCUT2D eigenvalue weighted by molar-refractivity contribution is 0.483. The van der Waals surface area contributed by atoms with Gasteiger partial charge in [-0.15, -0.1) is 0 Å². The molecule has 0 aliphatic rings. The molecule has 2 nitrogen and oxygen atoms in total. The van der Waals surface area contributed by atoms with Gasteiger partial charge in [0.05, 0.1) is 0 Å². The van der Waals surface area contributed by atoms with Crippen molar-refractivity contribution >= 4 is 0 Å². The van der Waals surface area contributed by atoms with E-state index in [-0.39, 0.29) is 0 Å². The molecule has 0 radical (unpaired) electrons. The molecule has 0 saturated carbocycles. The molecular weight excluding hydrogens is 198 g/mol. The third kappa shape index (κ3) is 3.24. The molecule has 0 aliphatic heterocycles. The van der Waals surface area contributed by atoms with Crippen molar-refractivity contribution in [3.8, 4) is 0 Å². The Morgan fingerprint density at radius 3 is 2.56 bits per heavy atom. The summed E-state index contributed by atoms with van der Waals surface area (Å²) in [5, 5.41) is 3.50. The number of aryl methyl sites for hydroxylation is 2. The Hall–Kier alpha value is -1.02. The van der Waals surface area contributed by atoms with Crippen molar-refractivity contribution in [2.75, 3.05) is 6.54 Å². The van der Waals surface area contributed by atoms with E-state index in [9.17, 15) is 0 Å². The minimum Gasteiger partial charge on any atom is -0.466 e. The SMILES string of the molecule is C=C(CC)CC(NCC)c1cc(C)oc1C. The highest BCUT2D eigenvalue weighted by Crippen LogP contribution is 2.27. The van der Waals surface area contributed by atoms with Crippen molar-refractivity contribution in [2.24, 2.45) is 0 Å². The predicted octanol–water partition coefficient (Wildman–Crippen LogP) is 3.90. The average molecular weight is 221 g/mol. The number of nitrogens with one attached hydrogen (secondary N) is 1. The first-order chi connectivity index (χ1) is 7.58. The van der Waals surface area contributed by atoms with Crippen LogP contribution in [0.2, 0.25) is 0 Å². The highest BCUT2D eigenvalue weighted by molar-refractivity contribution is 5.25. The molecule has 2 heteroatoms. The molecule has 90 valence electrons. The molecule has 1 atom stereocenters. The van der Waals surface area contributed by atoms with Crippen molar-refractivity contribution in [3.63, 3.8) is 0 Å². The normalized spacial score (nSPS) is 12.8. The van der Waals surface area contributed by atoms with E-state index in [2.05, 4.69) is 31.8 Å². The maximum Gasteiger partial charge on any atom is 0.105 e. The van der Waals surface area contributed by atoms with Crippen LogP contribution in [0.5, 0.6) is 0 Å². The first kappa shape index (κ1) is 13.0. The van der Waals surface area contributed by atoms with Gasteiger partial charge in [0.25, 0.3) is 0 Å². The molecule has 0 saturated heterocycles. The van der Waals surface area contributed by atoms with E-state index in [1.54, 1.807) is 0 Å². The summed E-state index contributed by atoms with van der Waals surface area (Å²) in [5.74, 6) is 2.00. The van der Waals surface area contributed by atoms with Gasteiger partial charge in [0.1, 0.15) is 11.5 Å². The van der Waals surface area contributed by atoms with Gasteiger partial charge < -0.3 is 9.73 Å². The summed E-state index contributed by atoms with van der Waals surface area (Å²) >= 11 is 0. The molecule has 1 N–H and O–H groups in total. The number of hydrogen-bond acceptors (Lipinski definition) is 2. The van der Waals surface area contributed by atoms with Crippen LogP contribution >= 0.6 is 0 Å². The summed E-state index contributed by atoms with van der Waals surface area (Å²) in [6.45, 7) is 13.4. The zero-order valence-electron chi connectivity index (χ0n) is 10.9. The van der Waals surface area contributed by atoms with Crippen LogP contribution in [0.25, 0.3) is 0 Å². The summed E-state index contributed by atoms with van der Waals surface area (Å²) in [5.41, 5.74) is 2.55. The van der Waals surface area contributed by atoms with Crippen molar-refractivity contribution in [3.05, 3.63) is 35.3 Å². The fourth-order valence-electron chi connectivity index (χ4n) is 1.97. The first-order valence-electron chi connectivity index (χ1n) is 6.05. The molecular formula is C14H23NO. The van der Waals surface area contributed by atoms with Crippen LogP contribution in [-0.4, -0.2) is 6.54 Å². The monoisotopic (exact) mass is 221 g/mol. The Balaban J connectivity index is 2.84. The lowest BCUT2D eigenvalue weighted by Gasteiger charge is -2.18. The van der Waals surface area contributed by atoms with Gasteiger partial charge in [0.2, 0.25) is 0 Å². The Labute approximate surface area is 98.7 Å². The van der Waals surface area contributed by atoms with Crippen molar-refractivity contribution in [1.82, 2.24) is 5.32 Å². The minimum atomic E-state index is 0.342. The summed E-state index contributed by atoms with van der Waals surface area (Å²) in [4.78, 5) is 0. The molecule has 0 spiro atoms. The maximum absolute atomic E-state index is 5.59. The van der Waals surface area contributed by atoms with Crippen LogP contribution in [0.15, 0.2) is 22.6 Å². The third-order valence-corrected chi connectivity index (χ3v) is 2.90. The topological polar surface area (TPSA) is 25.2 Å². The second-order valence-electron chi connectivity index (χ2n) is 4.29. The number of rotatable bonds is 6. The van der Waals surface area contributed by atoms with E-state index in [4.69, 9.17) is 4.42 Å². The average Bonchev–Trinajstić information content (AvgIpc) is 2.57. The Kier molecular flexibility index (Phi) is 4.81. The number of furan rings is 1. The quantitative estimate of drug-likeness (QED) is 0.737. The maximum atomic E-state index is 5.59. The highest BCUT2D eigenvalue weighted by Gasteiger charge is 2.16. The van der Waals surface area contributed by atoms with Gasteiger partial charge in [-0.05, 0) is 39.3 Å². The summed E-state index contributed by atoms with van der Waals surface area (Å²) < 4.78 is 5.59. The lowest BCUT2D eigenvalue weighted by atomic mass is 9.98. The van der Waals surface area contributed by atoms with Gasteiger partial charge in [-0.25, -0.2) is 0 Å². The molecule has 1 heterocycles. The highest BCUT2D eigenvalue weighted by atomic mass is 16.3. The zero-order valence-corrected chi connectivity index (χ0v) is 10.9. The van der Waals surface area contributed by atoms with Crippen molar-refractivity contribution in [1.29, 1.82) is 0 Å². The molecule has 0 fully saturated rings. The molecule has 1 unspecified atom stereocenters. The molecule has 0 aliphatic carbocycles. The fourth-order valence-corrected chi connectivity index (χ4v) is 1.97. The van der Waals surface area contributed by atoms with Gasteiger partial charge in [0, 0.05) is 11.6 Å². The molecule has 1 aromatic rings. The Morgan fingerprint density at radius 1 is 1.44 bits per heavy atom. The van der Waals surface area contributed by atoms with E-state index in [1.165, 1.54) is 11.1 Å². The van der Waals surface area contributed by atoms with E-state index in [0.717, 1.165) is 30.9 Å². The van der Waals surface area contributed by atoms with Crippen LogP contribution in [0.1, 0.15) is 49.8 Å². The second kappa shape index (κ2) is 5.90. The molecule has 1 aromatic heterocycles. The fraction of sp³-hybridized carbons (Fsp3) is 0.571. The van der Waals surface area contributed by atoms with Crippen molar-refractivity contribution in [2.45, 2.75) is 46.6 Å². The van der Waals surface area contributed by atoms with Gasteiger partial charge in [0.15, 0.2) is 0 Å². The standard InChI is InChI=1S/C14H23NO/c1-6-10(3)8-14(15-7-2)13-9-11(4)16-12(13)5/h9,14-15H,3,6-8H2,1-2,4-5H3. The summed E-state index contributed by atoms with van der Waals surface area (Å²) in [6.07, 6.45) is 2.03. The van der Waals surface area contributed by atoms with E-state index < -0.39 is 0 Å². The van der Waals surface area contributed by atoms with Crippen molar-refractivity contribution < 1.29 is 4.42 Å². The predicted molar refractivity (Wildman–Crippen MR) is 68.6 cm³/mol. The summed E-state index contributed by atoms with van der Waals surface area (Å²) in [6, 6.07) is 2.47. The Bertz CT molecular complexity index is 352. The second-order valence-corrected chi connectivity index (χ2v) is 4.29. The Morgan fingerprint density at radius 2 is 2.12 bits per heavy atom. The van der Waals surface area contributed by atoms with E-state index in [0.29, 0.717) is 6.04 Å². The van der Waals surface area contributed by atoms with Gasteiger partial charge in [-0.2, -0.15) is 0 Å². The third-order valence-electron chi connectivity index (χ3n) is 2.90. The molecule has 0 bridgehead atoms. The van der Waals surface area contributed by atoms with Crippen LogP contribution in [-0.2, 0) is 0 Å². The molecule has 0 amide bonds. The van der Waals surface area contributed by atoms with Crippen LogP contribution < -0.4 is 5.32 Å². The van der Waals surface area contributed by atoms with Gasteiger partial charge in [-0.1, -0.05) is 26.0 Å². The van der Waals surface area contributed by atoms with Crippen LogP contribution in [0.4, 0.5) is 0 Å². The minimum absolute atomic E-state index is 0.342. The largest absolute Gasteiger partial charge is 0.466 e. The lowest BCUT2D eigenvalue weighted by Crippen LogP contribution is -2.21. The van der Waals surface area contributed by atoms with Gasteiger partial charge >= 0.3 is 0 Å². The van der Waals surface area contributed by atoms with E-state index in [1.807, 2.05) is 13.8 Å². The van der Waals surface area contributed by atoms with Crippen LogP contribution in [0.3, 0.4) is 0 Å². The smallest absolute Gasteiger partial charge is 0.105 e. The molecule has 0 aromatic carbocycles. The van der Waals surface area contributed by atoms with Crippen LogP contribution in [0, 0.1) is 13.8 Å². The zero-order chi connectivity index (χ0) is 12.1. The number of hydrogen-bond donors (Lipinski definition) is 1. The molecule has 16 heavy (non-hydrogen) atoms. The van der Waals surface area contributed by atoms with Gasteiger partial charge in [-0.3, -0.25) is 0 Å². The van der Waals surface area contributed by atoms with E-state index >= 15 is 0 Å². The summed E-state index contributed by atoms with van der Waals surface area (Å²) in [7, 11) is 0. The molecule has 1 rings (SSSR count). The first-order valence-corrected chi connectivity index (χ1v) is 6.05.